The summed E-state index contributed by atoms with van der Waals surface area (Å²) < 4.78 is 17.0. The molecule has 0 heterocycles. The van der Waals surface area contributed by atoms with Crippen molar-refractivity contribution >= 4 is 17.9 Å². The van der Waals surface area contributed by atoms with Crippen molar-refractivity contribution in [1.82, 2.24) is 0 Å². The van der Waals surface area contributed by atoms with Crippen molar-refractivity contribution in [3.05, 3.63) is 36.5 Å². The van der Waals surface area contributed by atoms with Gasteiger partial charge >= 0.3 is 17.9 Å². The number of esters is 3. The molecule has 0 aliphatic rings. The fraction of sp³-hybridized carbons (Fsp3) is 0.883. The Morgan fingerprint density at radius 2 is 0.398 bits per heavy atom. The largest absolute Gasteiger partial charge is 0.462 e. The molecule has 0 rings (SSSR count). The van der Waals surface area contributed by atoms with E-state index >= 15 is 0 Å². The van der Waals surface area contributed by atoms with E-state index in [4.69, 9.17) is 14.2 Å². The third kappa shape index (κ3) is 70.3. The monoisotopic (exact) mass is 1170 g/mol. The van der Waals surface area contributed by atoms with Crippen molar-refractivity contribution in [1.29, 1.82) is 0 Å². The third-order valence-corrected chi connectivity index (χ3v) is 17.1. The first-order valence-electron chi connectivity index (χ1n) is 37.5. The van der Waals surface area contributed by atoms with Crippen LogP contribution >= 0.6 is 0 Å². The summed E-state index contributed by atoms with van der Waals surface area (Å²) in [4.78, 5) is 38.4. The zero-order chi connectivity index (χ0) is 59.9. The second-order valence-electron chi connectivity index (χ2n) is 25.6. The van der Waals surface area contributed by atoms with Crippen LogP contribution in [-0.4, -0.2) is 37.2 Å². The van der Waals surface area contributed by atoms with Crippen LogP contribution in [0.2, 0.25) is 0 Å². The van der Waals surface area contributed by atoms with Gasteiger partial charge in [0.25, 0.3) is 0 Å². The van der Waals surface area contributed by atoms with Crippen LogP contribution in [-0.2, 0) is 28.6 Å². The summed E-state index contributed by atoms with van der Waals surface area (Å²) in [6.07, 6.45) is 90.6. The van der Waals surface area contributed by atoms with Crippen molar-refractivity contribution in [3.8, 4) is 0 Å². The Labute approximate surface area is 518 Å². The van der Waals surface area contributed by atoms with E-state index in [0.29, 0.717) is 19.3 Å². The molecule has 0 aromatic rings. The van der Waals surface area contributed by atoms with Crippen LogP contribution in [0.5, 0.6) is 0 Å². The number of carbonyl (C=O) groups excluding carboxylic acids is 3. The molecule has 0 bridgehead atoms. The highest BCUT2D eigenvalue weighted by Gasteiger charge is 2.20. The number of hydrogen-bond donors (Lipinski definition) is 0. The van der Waals surface area contributed by atoms with E-state index in [0.717, 1.165) is 64.2 Å². The van der Waals surface area contributed by atoms with Gasteiger partial charge in [0.05, 0.1) is 0 Å². The van der Waals surface area contributed by atoms with Crippen LogP contribution in [0.15, 0.2) is 36.5 Å². The highest BCUT2D eigenvalue weighted by atomic mass is 16.6. The lowest BCUT2D eigenvalue weighted by atomic mass is 10.0. The Hall–Kier alpha value is -2.37. The number of hydrogen-bond acceptors (Lipinski definition) is 6. The average molecular weight is 1170 g/mol. The van der Waals surface area contributed by atoms with E-state index in [1.54, 1.807) is 0 Å². The Balaban J connectivity index is 4.13. The summed E-state index contributed by atoms with van der Waals surface area (Å²) in [6, 6.07) is 0. The van der Waals surface area contributed by atoms with Gasteiger partial charge in [-0.2, -0.15) is 0 Å². The van der Waals surface area contributed by atoms with Gasteiger partial charge in [-0.05, 0) is 96.3 Å². The molecule has 0 fully saturated rings. The number of rotatable bonds is 70. The van der Waals surface area contributed by atoms with Gasteiger partial charge in [-0.1, -0.05) is 340 Å². The minimum absolute atomic E-state index is 0.0716. The maximum Gasteiger partial charge on any atom is 0.306 e. The van der Waals surface area contributed by atoms with Gasteiger partial charge in [0.1, 0.15) is 13.2 Å². The molecule has 0 N–H and O–H groups in total. The maximum absolute atomic E-state index is 12.9. The lowest BCUT2D eigenvalue weighted by Gasteiger charge is -2.18. The molecule has 488 valence electrons. The normalized spacial score (nSPS) is 12.2. The Morgan fingerprint density at radius 3 is 0.602 bits per heavy atom. The molecule has 1 atom stereocenters. The molecule has 83 heavy (non-hydrogen) atoms. The standard InChI is InChI=1S/C77H144O6/c1-4-7-10-13-16-19-22-25-28-30-32-33-34-35-36-37-38-39-40-41-42-43-44-45-46-48-49-52-55-58-61-64-67-70-76(79)82-73-74(72-81-75(78)69-66-63-60-57-54-51-27-24-21-18-15-12-9-6-3)83-77(80)71-68-65-62-59-56-53-50-47-31-29-26-23-20-17-14-11-8-5-2/h24,27,29-32,74H,4-23,25-26,28,33-73H2,1-3H3/b27-24-,31-29-,32-30-. The summed E-state index contributed by atoms with van der Waals surface area (Å²) in [6.45, 7) is 6.69. The number of ether oxygens (including phenoxy) is 3. The topological polar surface area (TPSA) is 78.9 Å². The molecule has 0 amide bonds. The van der Waals surface area contributed by atoms with E-state index in [1.165, 1.54) is 315 Å². The van der Waals surface area contributed by atoms with Crippen LogP contribution in [0.3, 0.4) is 0 Å². The molecule has 6 nitrogen and oxygen atoms in total. The molecular formula is C77H144O6. The van der Waals surface area contributed by atoms with Crippen LogP contribution in [0.25, 0.3) is 0 Å². The highest BCUT2D eigenvalue weighted by molar-refractivity contribution is 5.71. The molecule has 0 aliphatic heterocycles. The second kappa shape index (κ2) is 72.1. The van der Waals surface area contributed by atoms with E-state index in [-0.39, 0.29) is 31.1 Å². The molecular weight excluding hydrogens is 1020 g/mol. The zero-order valence-electron chi connectivity index (χ0n) is 56.2. The molecule has 0 aromatic carbocycles. The van der Waals surface area contributed by atoms with Gasteiger partial charge in [0.2, 0.25) is 0 Å². The van der Waals surface area contributed by atoms with E-state index in [9.17, 15) is 14.4 Å². The first kappa shape index (κ1) is 80.6. The Bertz CT molecular complexity index is 1380. The smallest absolute Gasteiger partial charge is 0.306 e. The average Bonchev–Trinajstić information content (AvgIpc) is 3.50. The fourth-order valence-electron chi connectivity index (χ4n) is 11.4. The molecule has 1 unspecified atom stereocenters. The van der Waals surface area contributed by atoms with Crippen molar-refractivity contribution in [2.75, 3.05) is 13.2 Å². The number of carbonyl (C=O) groups is 3. The van der Waals surface area contributed by atoms with Crippen molar-refractivity contribution in [2.45, 2.75) is 425 Å². The Morgan fingerprint density at radius 1 is 0.229 bits per heavy atom. The summed E-state index contributed by atoms with van der Waals surface area (Å²) in [5.41, 5.74) is 0. The molecule has 0 saturated carbocycles. The predicted octanol–water partition coefficient (Wildman–Crippen LogP) is 25.9. The van der Waals surface area contributed by atoms with E-state index < -0.39 is 6.10 Å². The molecule has 0 aromatic heterocycles. The van der Waals surface area contributed by atoms with Crippen molar-refractivity contribution in [2.24, 2.45) is 0 Å². The lowest BCUT2D eigenvalue weighted by Crippen LogP contribution is -2.30. The molecule has 0 spiro atoms. The minimum Gasteiger partial charge on any atom is -0.462 e. The third-order valence-electron chi connectivity index (χ3n) is 17.1. The molecule has 0 aliphatic carbocycles. The van der Waals surface area contributed by atoms with Crippen molar-refractivity contribution < 1.29 is 28.6 Å². The van der Waals surface area contributed by atoms with E-state index in [2.05, 4.69) is 57.2 Å². The van der Waals surface area contributed by atoms with Crippen LogP contribution in [0, 0.1) is 0 Å². The second-order valence-corrected chi connectivity index (χ2v) is 25.6. The van der Waals surface area contributed by atoms with Gasteiger partial charge in [0, 0.05) is 19.3 Å². The quantitative estimate of drug-likeness (QED) is 0.0261. The van der Waals surface area contributed by atoms with Gasteiger partial charge in [0.15, 0.2) is 6.10 Å². The first-order chi connectivity index (χ1) is 41.0. The predicted molar refractivity (Wildman–Crippen MR) is 362 cm³/mol. The lowest BCUT2D eigenvalue weighted by molar-refractivity contribution is -0.167. The van der Waals surface area contributed by atoms with E-state index in [1.807, 2.05) is 0 Å². The van der Waals surface area contributed by atoms with Gasteiger partial charge in [-0.15, -0.1) is 0 Å². The summed E-state index contributed by atoms with van der Waals surface area (Å²) >= 11 is 0. The van der Waals surface area contributed by atoms with Crippen LogP contribution in [0.1, 0.15) is 419 Å². The molecule has 6 heteroatoms. The van der Waals surface area contributed by atoms with Gasteiger partial charge in [-0.3, -0.25) is 14.4 Å². The fourth-order valence-corrected chi connectivity index (χ4v) is 11.4. The van der Waals surface area contributed by atoms with Gasteiger partial charge < -0.3 is 14.2 Å². The van der Waals surface area contributed by atoms with Gasteiger partial charge in [-0.25, -0.2) is 0 Å². The van der Waals surface area contributed by atoms with Crippen LogP contribution < -0.4 is 0 Å². The number of unbranched alkanes of at least 4 members (excludes halogenated alkanes) is 53. The molecule has 0 saturated heterocycles. The highest BCUT2D eigenvalue weighted by Crippen LogP contribution is 2.19. The summed E-state index contributed by atoms with van der Waals surface area (Å²) in [7, 11) is 0. The number of allylic oxidation sites excluding steroid dienone is 6. The molecule has 0 radical (unpaired) electrons. The minimum atomic E-state index is -0.777. The Kier molecular flexibility index (Phi) is 70.0. The zero-order valence-corrected chi connectivity index (χ0v) is 56.2. The summed E-state index contributed by atoms with van der Waals surface area (Å²) in [5.74, 6) is -0.856. The SMILES string of the molecule is CCCCCCC/C=C\CCCCCCCC(=O)OCC(COC(=O)CCCCCCCCCCCCCCCCCCCCCCC/C=C\CCCCCCCCCC)OC(=O)CCCCCCCCC/C=C\CCCCCCCCC. The summed E-state index contributed by atoms with van der Waals surface area (Å²) in [5, 5.41) is 0. The first-order valence-corrected chi connectivity index (χ1v) is 37.5. The van der Waals surface area contributed by atoms with Crippen LogP contribution in [0.4, 0.5) is 0 Å². The maximum atomic E-state index is 12.9. The van der Waals surface area contributed by atoms with Crippen molar-refractivity contribution in [3.63, 3.8) is 0 Å².